The van der Waals surface area contributed by atoms with Crippen LogP contribution in [0.2, 0.25) is 0 Å². The molecule has 1 heterocycles. The third-order valence-electron chi connectivity index (χ3n) is 2.08. The van der Waals surface area contributed by atoms with Crippen molar-refractivity contribution >= 4 is 21.8 Å². The first-order valence-corrected chi connectivity index (χ1v) is 5.41. The molecule has 0 bridgehead atoms. The molecule has 2 nitrogen and oxygen atoms in total. The lowest BCUT2D eigenvalue weighted by atomic mass is 10.3. The summed E-state index contributed by atoms with van der Waals surface area (Å²) in [7, 11) is 0. The fourth-order valence-electron chi connectivity index (χ4n) is 1.39. The highest BCUT2D eigenvalue weighted by Gasteiger charge is 2.21. The Bertz CT molecular complexity index is 300. The van der Waals surface area contributed by atoms with Crippen molar-refractivity contribution in [1.82, 2.24) is 4.90 Å². The van der Waals surface area contributed by atoms with E-state index in [4.69, 9.17) is 0 Å². The summed E-state index contributed by atoms with van der Waals surface area (Å²) in [6.07, 6.45) is 7.14. The highest BCUT2D eigenvalue weighted by molar-refractivity contribution is 9.11. The molecule has 0 unspecified atom stereocenters. The molecule has 76 valence electrons. The van der Waals surface area contributed by atoms with Gasteiger partial charge >= 0.3 is 0 Å². The van der Waals surface area contributed by atoms with E-state index < -0.39 is 0 Å². The monoisotopic (exact) mass is 255 g/mol. The maximum Gasteiger partial charge on any atom is 0.227 e. The number of allylic oxidation sites excluding steroid dienone is 4. The first-order chi connectivity index (χ1) is 6.65. The third-order valence-corrected chi connectivity index (χ3v) is 2.34. The number of rotatable bonds is 3. The smallest absolute Gasteiger partial charge is 0.227 e. The normalized spacial score (nSPS) is 19.0. The number of carbonyl (C=O) groups excluding carboxylic acids is 1. The van der Waals surface area contributed by atoms with Crippen LogP contribution in [-0.2, 0) is 4.79 Å². The van der Waals surface area contributed by atoms with E-state index in [-0.39, 0.29) is 5.91 Å². The zero-order chi connectivity index (χ0) is 10.6. The number of halogens is 1. The van der Waals surface area contributed by atoms with Crippen LogP contribution in [0.25, 0.3) is 0 Å². The van der Waals surface area contributed by atoms with E-state index in [1.807, 2.05) is 19.1 Å². The van der Waals surface area contributed by atoms with Gasteiger partial charge in [0.2, 0.25) is 5.91 Å². The number of nitrogens with zero attached hydrogens (tertiary/aromatic N) is 1. The Morgan fingerprint density at radius 3 is 2.71 bits per heavy atom. The van der Waals surface area contributed by atoms with Gasteiger partial charge in [0.05, 0.1) is 0 Å². The minimum Gasteiger partial charge on any atom is -0.312 e. The third kappa shape index (κ3) is 2.84. The molecular formula is C11H14BrNO. The van der Waals surface area contributed by atoms with Gasteiger partial charge in [0.25, 0.3) is 0 Å². The molecule has 0 spiro atoms. The molecule has 1 saturated heterocycles. The van der Waals surface area contributed by atoms with Crippen LogP contribution in [0.15, 0.2) is 35.0 Å². The summed E-state index contributed by atoms with van der Waals surface area (Å²) in [5.41, 5.74) is 0.881. The fraction of sp³-hybridized carbons (Fsp3) is 0.364. The number of hydrogen-bond acceptors (Lipinski definition) is 1. The van der Waals surface area contributed by atoms with Gasteiger partial charge in [-0.15, -0.1) is 0 Å². The Labute approximate surface area is 93.1 Å². The minimum absolute atomic E-state index is 0.191. The standard InChI is InChI=1S/C11H14BrNO/c1-3-10(7-6-9(2)12)13-8-4-5-11(13)14/h3,6-7H,1,4-5,8H2,2H3/b9-6+,10-7+. The van der Waals surface area contributed by atoms with Crippen LogP contribution in [0.3, 0.4) is 0 Å². The number of likely N-dealkylation sites (tertiary alicyclic amines) is 1. The highest BCUT2D eigenvalue weighted by Crippen LogP contribution is 2.17. The summed E-state index contributed by atoms with van der Waals surface area (Å²) in [4.78, 5) is 13.2. The first-order valence-electron chi connectivity index (χ1n) is 4.62. The molecule has 1 aliphatic heterocycles. The molecule has 1 rings (SSSR count). The summed E-state index contributed by atoms with van der Waals surface area (Å²) < 4.78 is 1.03. The zero-order valence-corrected chi connectivity index (χ0v) is 9.88. The van der Waals surface area contributed by atoms with Gasteiger partial charge < -0.3 is 4.90 Å². The summed E-state index contributed by atoms with van der Waals surface area (Å²) in [5, 5.41) is 0. The van der Waals surface area contributed by atoms with Crippen molar-refractivity contribution in [3.8, 4) is 0 Å². The van der Waals surface area contributed by atoms with Crippen molar-refractivity contribution in [2.45, 2.75) is 19.8 Å². The first kappa shape index (κ1) is 11.2. The van der Waals surface area contributed by atoms with Gasteiger partial charge in [-0.05, 0) is 30.0 Å². The molecule has 0 aliphatic carbocycles. The average molecular weight is 256 g/mol. The van der Waals surface area contributed by atoms with Crippen molar-refractivity contribution < 1.29 is 4.79 Å². The second kappa shape index (κ2) is 5.15. The van der Waals surface area contributed by atoms with E-state index in [0.29, 0.717) is 6.42 Å². The van der Waals surface area contributed by atoms with E-state index in [0.717, 1.165) is 23.1 Å². The van der Waals surface area contributed by atoms with Crippen molar-refractivity contribution in [2.24, 2.45) is 0 Å². The van der Waals surface area contributed by atoms with Crippen LogP contribution in [0, 0.1) is 0 Å². The van der Waals surface area contributed by atoms with Gasteiger partial charge in [0.1, 0.15) is 0 Å². The number of amides is 1. The zero-order valence-electron chi connectivity index (χ0n) is 8.29. The second-order valence-electron chi connectivity index (χ2n) is 3.20. The Hall–Kier alpha value is -0.830. The van der Waals surface area contributed by atoms with E-state index in [1.54, 1.807) is 11.0 Å². The summed E-state index contributed by atoms with van der Waals surface area (Å²) in [6.45, 7) is 6.47. The van der Waals surface area contributed by atoms with Crippen LogP contribution in [0.5, 0.6) is 0 Å². The van der Waals surface area contributed by atoms with Gasteiger partial charge in [-0.3, -0.25) is 4.79 Å². The maximum absolute atomic E-state index is 11.4. The van der Waals surface area contributed by atoms with Crippen LogP contribution in [0.1, 0.15) is 19.8 Å². The Balaban J connectivity index is 2.80. The van der Waals surface area contributed by atoms with Crippen molar-refractivity contribution in [3.63, 3.8) is 0 Å². The van der Waals surface area contributed by atoms with Gasteiger partial charge in [0, 0.05) is 18.7 Å². The lowest BCUT2D eigenvalue weighted by Crippen LogP contribution is -2.22. The molecule has 0 atom stereocenters. The molecule has 1 fully saturated rings. The van der Waals surface area contributed by atoms with E-state index in [2.05, 4.69) is 22.5 Å². The summed E-state index contributed by atoms with van der Waals surface area (Å²) in [6, 6.07) is 0. The van der Waals surface area contributed by atoms with Gasteiger partial charge in [-0.2, -0.15) is 0 Å². The molecule has 3 heteroatoms. The van der Waals surface area contributed by atoms with Crippen LogP contribution in [0.4, 0.5) is 0 Å². The predicted octanol–water partition coefficient (Wildman–Crippen LogP) is 2.98. The molecule has 0 saturated carbocycles. The van der Waals surface area contributed by atoms with Crippen LogP contribution in [-0.4, -0.2) is 17.4 Å². The number of hydrogen-bond donors (Lipinski definition) is 0. The molecule has 1 amide bonds. The summed E-state index contributed by atoms with van der Waals surface area (Å²) >= 11 is 3.33. The molecular weight excluding hydrogens is 242 g/mol. The molecule has 1 aliphatic rings. The van der Waals surface area contributed by atoms with E-state index in [1.165, 1.54) is 0 Å². The fourth-order valence-corrected chi connectivity index (χ4v) is 1.52. The van der Waals surface area contributed by atoms with Gasteiger partial charge in [-0.25, -0.2) is 0 Å². The van der Waals surface area contributed by atoms with E-state index in [9.17, 15) is 4.79 Å². The Morgan fingerprint density at radius 2 is 2.29 bits per heavy atom. The van der Waals surface area contributed by atoms with Crippen LogP contribution < -0.4 is 0 Å². The minimum atomic E-state index is 0.191. The average Bonchev–Trinajstić information content (AvgIpc) is 2.53. The summed E-state index contributed by atoms with van der Waals surface area (Å²) in [5.74, 6) is 0.191. The Morgan fingerprint density at radius 1 is 1.57 bits per heavy atom. The van der Waals surface area contributed by atoms with Crippen molar-refractivity contribution in [1.29, 1.82) is 0 Å². The lowest BCUT2D eigenvalue weighted by Gasteiger charge is -2.15. The molecule has 14 heavy (non-hydrogen) atoms. The second-order valence-corrected chi connectivity index (χ2v) is 4.45. The molecule has 0 aromatic rings. The number of carbonyl (C=O) groups is 1. The molecule has 0 radical (unpaired) electrons. The van der Waals surface area contributed by atoms with Gasteiger partial charge in [0.15, 0.2) is 0 Å². The maximum atomic E-state index is 11.4. The van der Waals surface area contributed by atoms with E-state index >= 15 is 0 Å². The van der Waals surface area contributed by atoms with Crippen molar-refractivity contribution in [3.05, 3.63) is 35.0 Å². The van der Waals surface area contributed by atoms with Crippen molar-refractivity contribution in [2.75, 3.05) is 6.54 Å². The van der Waals surface area contributed by atoms with Gasteiger partial charge in [-0.1, -0.05) is 28.6 Å². The topological polar surface area (TPSA) is 20.3 Å². The lowest BCUT2D eigenvalue weighted by molar-refractivity contribution is -0.125. The highest BCUT2D eigenvalue weighted by atomic mass is 79.9. The molecule has 0 N–H and O–H groups in total. The largest absolute Gasteiger partial charge is 0.312 e. The SMILES string of the molecule is C=C/C(=C\C=C(/C)Br)N1CCCC1=O. The predicted molar refractivity (Wildman–Crippen MR) is 61.9 cm³/mol. The van der Waals surface area contributed by atoms with Crippen LogP contribution >= 0.6 is 15.9 Å². The Kier molecular flexibility index (Phi) is 4.14. The molecule has 0 aromatic carbocycles. The molecule has 0 aromatic heterocycles. The quantitative estimate of drug-likeness (QED) is 0.711.